The highest BCUT2D eigenvalue weighted by Gasteiger charge is 2.31. The number of benzene rings is 1. The van der Waals surface area contributed by atoms with E-state index in [0.29, 0.717) is 11.3 Å². The summed E-state index contributed by atoms with van der Waals surface area (Å²) in [6, 6.07) is 4.53. The van der Waals surface area contributed by atoms with E-state index in [2.05, 4.69) is 10.5 Å². The zero-order valence-electron chi connectivity index (χ0n) is 16.0. The summed E-state index contributed by atoms with van der Waals surface area (Å²) in [4.78, 5) is 35.8. The van der Waals surface area contributed by atoms with Crippen molar-refractivity contribution < 1.29 is 19.0 Å². The average molecular weight is 373 g/mol. The van der Waals surface area contributed by atoms with Crippen LogP contribution in [-0.4, -0.2) is 27.8 Å². The molecule has 8 nitrogen and oxygen atoms in total. The maximum atomic E-state index is 12.8. The Morgan fingerprint density at radius 3 is 2.26 bits per heavy atom. The van der Waals surface area contributed by atoms with Gasteiger partial charge < -0.3 is 9.84 Å². The molecule has 1 heterocycles. The number of nitrogens with one attached hydrogen (secondary N) is 1. The van der Waals surface area contributed by atoms with Gasteiger partial charge in [0.25, 0.3) is 11.6 Å². The Hall–Kier alpha value is -3.03. The van der Waals surface area contributed by atoms with Crippen LogP contribution in [-0.2, 0) is 5.41 Å². The van der Waals surface area contributed by atoms with Crippen LogP contribution >= 0.6 is 0 Å². The number of Topliss-reactive ketones (excluding diaryl/α,β-unsaturated/α-hetero) is 1. The number of nitrogens with zero attached hydrogens (tertiary/aromatic N) is 2. The predicted octanol–water partition coefficient (Wildman–Crippen LogP) is 3.52. The quantitative estimate of drug-likeness (QED) is 0.470. The van der Waals surface area contributed by atoms with Crippen molar-refractivity contribution in [2.24, 2.45) is 5.92 Å². The van der Waals surface area contributed by atoms with Gasteiger partial charge in [0.15, 0.2) is 11.5 Å². The van der Waals surface area contributed by atoms with Crippen LogP contribution in [0.5, 0.6) is 0 Å². The van der Waals surface area contributed by atoms with Gasteiger partial charge in [-0.2, -0.15) is 0 Å². The predicted molar refractivity (Wildman–Crippen MR) is 98.7 cm³/mol. The summed E-state index contributed by atoms with van der Waals surface area (Å²) in [5.74, 6) is -0.517. The van der Waals surface area contributed by atoms with Crippen molar-refractivity contribution >= 4 is 17.4 Å². The van der Waals surface area contributed by atoms with E-state index in [1.54, 1.807) is 0 Å². The first kappa shape index (κ1) is 20.3. The second kappa shape index (κ2) is 7.69. The first-order valence-corrected chi connectivity index (χ1v) is 8.57. The Morgan fingerprint density at radius 1 is 1.19 bits per heavy atom. The fourth-order valence-electron chi connectivity index (χ4n) is 2.62. The molecule has 0 aliphatic carbocycles. The van der Waals surface area contributed by atoms with E-state index in [-0.39, 0.29) is 23.0 Å². The van der Waals surface area contributed by atoms with Gasteiger partial charge >= 0.3 is 0 Å². The average Bonchev–Trinajstić information content (AvgIpc) is 3.09. The minimum absolute atomic E-state index is 0.101. The van der Waals surface area contributed by atoms with E-state index >= 15 is 0 Å². The van der Waals surface area contributed by atoms with Gasteiger partial charge in [-0.1, -0.05) is 39.8 Å². The number of nitro benzene ring substituents is 1. The first-order chi connectivity index (χ1) is 12.5. The van der Waals surface area contributed by atoms with Crippen molar-refractivity contribution in [1.82, 2.24) is 10.5 Å². The molecule has 1 unspecified atom stereocenters. The van der Waals surface area contributed by atoms with Crippen molar-refractivity contribution in [1.29, 1.82) is 0 Å². The van der Waals surface area contributed by atoms with E-state index in [4.69, 9.17) is 4.52 Å². The molecule has 1 aromatic carbocycles. The molecule has 0 radical (unpaired) electrons. The summed E-state index contributed by atoms with van der Waals surface area (Å²) in [5.41, 5.74) is 0.0559. The van der Waals surface area contributed by atoms with Crippen molar-refractivity contribution in [3.63, 3.8) is 0 Å². The van der Waals surface area contributed by atoms with E-state index < -0.39 is 22.3 Å². The SMILES string of the molecule is CC(C)C(NC(=O)c1cnoc1C(C)(C)C)C(=O)c1ccc([N+](=O)[O-])cc1. The number of carbonyl (C=O) groups is 2. The fraction of sp³-hybridized carbons (Fsp3) is 0.421. The normalized spacial score (nSPS) is 12.7. The lowest BCUT2D eigenvalue weighted by molar-refractivity contribution is -0.384. The van der Waals surface area contributed by atoms with Crippen LogP contribution in [0.15, 0.2) is 35.0 Å². The molecule has 0 saturated heterocycles. The van der Waals surface area contributed by atoms with Crippen LogP contribution < -0.4 is 5.32 Å². The van der Waals surface area contributed by atoms with Crippen LogP contribution in [0, 0.1) is 16.0 Å². The molecule has 0 aliphatic rings. The Balaban J connectivity index is 2.25. The monoisotopic (exact) mass is 373 g/mol. The first-order valence-electron chi connectivity index (χ1n) is 8.57. The molecule has 144 valence electrons. The molecule has 0 spiro atoms. The van der Waals surface area contributed by atoms with Gasteiger partial charge in [-0.3, -0.25) is 19.7 Å². The summed E-state index contributed by atoms with van der Waals surface area (Å²) >= 11 is 0. The molecule has 0 bridgehead atoms. The van der Waals surface area contributed by atoms with E-state index in [9.17, 15) is 19.7 Å². The van der Waals surface area contributed by atoms with Crippen molar-refractivity contribution in [2.75, 3.05) is 0 Å². The molecule has 1 N–H and O–H groups in total. The summed E-state index contributed by atoms with van der Waals surface area (Å²) in [5, 5.41) is 17.2. The number of hydrogen-bond donors (Lipinski definition) is 1. The number of hydrogen-bond acceptors (Lipinski definition) is 6. The van der Waals surface area contributed by atoms with Gasteiger partial charge in [0.1, 0.15) is 5.56 Å². The minimum atomic E-state index is -0.790. The third kappa shape index (κ3) is 4.58. The molecule has 1 atom stereocenters. The third-order valence-electron chi connectivity index (χ3n) is 4.09. The maximum absolute atomic E-state index is 12.8. The molecule has 1 amide bonds. The van der Waals surface area contributed by atoms with Crippen LogP contribution in [0.2, 0.25) is 0 Å². The highest BCUT2D eigenvalue weighted by atomic mass is 16.6. The molecule has 2 aromatic rings. The number of aromatic nitrogens is 1. The number of non-ortho nitro benzene ring substituents is 1. The molecule has 0 saturated carbocycles. The van der Waals surface area contributed by atoms with Gasteiger partial charge in [-0.15, -0.1) is 0 Å². The molecule has 0 fully saturated rings. The highest BCUT2D eigenvalue weighted by Crippen LogP contribution is 2.26. The standard InChI is InChI=1S/C19H23N3O5/c1-11(2)15(16(23)12-6-8-13(9-7-12)22(25)26)21-18(24)14-10-20-27-17(14)19(3,4)5/h6-11,15H,1-5H3,(H,21,24). The molecule has 27 heavy (non-hydrogen) atoms. The lowest BCUT2D eigenvalue weighted by atomic mass is 9.89. The third-order valence-corrected chi connectivity index (χ3v) is 4.09. The zero-order chi connectivity index (χ0) is 20.4. The molecule has 0 aliphatic heterocycles. The summed E-state index contributed by atoms with van der Waals surface area (Å²) in [6.07, 6.45) is 1.34. The van der Waals surface area contributed by atoms with Gasteiger partial charge in [-0.05, 0) is 18.1 Å². The number of carbonyl (C=O) groups excluding carboxylic acids is 2. The van der Waals surface area contributed by atoms with Crippen molar-refractivity contribution in [3.8, 4) is 0 Å². The lowest BCUT2D eigenvalue weighted by Gasteiger charge is -2.22. The zero-order valence-corrected chi connectivity index (χ0v) is 16.0. The summed E-state index contributed by atoms with van der Waals surface area (Å²) in [6.45, 7) is 9.31. The van der Waals surface area contributed by atoms with Crippen LogP contribution in [0.4, 0.5) is 5.69 Å². The number of ketones is 1. The lowest BCUT2D eigenvalue weighted by Crippen LogP contribution is -2.44. The molecule has 1 aromatic heterocycles. The molecule has 8 heteroatoms. The van der Waals surface area contributed by atoms with E-state index in [1.807, 2.05) is 34.6 Å². The maximum Gasteiger partial charge on any atom is 0.269 e. The summed E-state index contributed by atoms with van der Waals surface area (Å²) in [7, 11) is 0. The van der Waals surface area contributed by atoms with Crippen LogP contribution in [0.1, 0.15) is 61.1 Å². The Labute approximate surface area is 157 Å². The Bertz CT molecular complexity index is 847. The number of amides is 1. The van der Waals surface area contributed by atoms with E-state index in [1.165, 1.54) is 30.5 Å². The second-order valence-corrected chi connectivity index (χ2v) is 7.68. The van der Waals surface area contributed by atoms with Gasteiger partial charge in [0.05, 0.1) is 17.2 Å². The van der Waals surface area contributed by atoms with Gasteiger partial charge in [0, 0.05) is 23.1 Å². The molecular weight excluding hydrogens is 350 g/mol. The number of nitro groups is 1. The topological polar surface area (TPSA) is 115 Å². The number of rotatable bonds is 6. The Kier molecular flexibility index (Phi) is 5.78. The van der Waals surface area contributed by atoms with Gasteiger partial charge in [-0.25, -0.2) is 0 Å². The summed E-state index contributed by atoms with van der Waals surface area (Å²) < 4.78 is 5.21. The molecular formula is C19H23N3O5. The smallest absolute Gasteiger partial charge is 0.269 e. The van der Waals surface area contributed by atoms with Gasteiger partial charge in [0.2, 0.25) is 0 Å². The molecule has 2 rings (SSSR count). The second-order valence-electron chi connectivity index (χ2n) is 7.68. The largest absolute Gasteiger partial charge is 0.360 e. The fourth-order valence-corrected chi connectivity index (χ4v) is 2.62. The Morgan fingerprint density at radius 2 is 1.78 bits per heavy atom. The highest BCUT2D eigenvalue weighted by molar-refractivity contribution is 6.04. The van der Waals surface area contributed by atoms with Crippen molar-refractivity contribution in [2.45, 2.75) is 46.1 Å². The van der Waals surface area contributed by atoms with E-state index in [0.717, 1.165) is 0 Å². The van der Waals surface area contributed by atoms with Crippen molar-refractivity contribution in [3.05, 3.63) is 57.5 Å². The minimum Gasteiger partial charge on any atom is -0.360 e. The van der Waals surface area contributed by atoms with Crippen LogP contribution in [0.25, 0.3) is 0 Å². The van der Waals surface area contributed by atoms with Crippen LogP contribution in [0.3, 0.4) is 0 Å².